The van der Waals surface area contributed by atoms with E-state index in [1.807, 2.05) is 36.1 Å². The molecule has 2 aromatic rings. The van der Waals surface area contributed by atoms with Crippen LogP contribution in [0, 0.1) is 5.92 Å². The van der Waals surface area contributed by atoms with Gasteiger partial charge in [-0.15, -0.1) is 0 Å². The summed E-state index contributed by atoms with van der Waals surface area (Å²) in [5.41, 5.74) is 2.26. The Kier molecular flexibility index (Phi) is 6.39. The normalized spacial score (nSPS) is 24.9. The molecule has 0 unspecified atom stereocenters. The molecular formula is C23H33N5O2. The monoisotopic (exact) mass is 411 g/mol. The lowest BCUT2D eigenvalue weighted by atomic mass is 9.87. The average Bonchev–Trinajstić information content (AvgIpc) is 3.38. The number of rotatable bonds is 6. The highest BCUT2D eigenvalue weighted by Crippen LogP contribution is 2.41. The summed E-state index contributed by atoms with van der Waals surface area (Å²) in [4.78, 5) is 17.8. The number of nitrogens with zero attached hydrogens (tertiary/aromatic N) is 4. The number of amides is 1. The van der Waals surface area contributed by atoms with Crippen LogP contribution in [0.1, 0.15) is 30.0 Å². The summed E-state index contributed by atoms with van der Waals surface area (Å²) in [6.07, 6.45) is 3.80. The molecule has 0 bridgehead atoms. The second-order valence-corrected chi connectivity index (χ2v) is 8.64. The molecule has 1 amide bonds. The molecule has 1 saturated carbocycles. The van der Waals surface area contributed by atoms with Crippen molar-refractivity contribution in [3.8, 4) is 5.75 Å². The smallest absolute Gasteiger partial charge is 0.226 e. The van der Waals surface area contributed by atoms with E-state index in [-0.39, 0.29) is 11.8 Å². The van der Waals surface area contributed by atoms with Gasteiger partial charge in [0.2, 0.25) is 5.91 Å². The largest absolute Gasteiger partial charge is 0.497 e. The van der Waals surface area contributed by atoms with Gasteiger partial charge >= 0.3 is 0 Å². The molecule has 3 atom stereocenters. The molecule has 2 aliphatic rings. The number of ether oxygens (including phenoxy) is 1. The maximum Gasteiger partial charge on any atom is 0.226 e. The number of hydrogen-bond donors (Lipinski definition) is 1. The van der Waals surface area contributed by atoms with Gasteiger partial charge in [-0.3, -0.25) is 9.48 Å². The molecule has 2 heterocycles. The minimum Gasteiger partial charge on any atom is -0.497 e. The molecule has 1 saturated heterocycles. The molecule has 0 radical (unpaired) electrons. The first-order valence-corrected chi connectivity index (χ1v) is 10.9. The number of nitrogens with one attached hydrogen (secondary N) is 1. The number of hydrogen-bond acceptors (Lipinski definition) is 5. The Hall–Kier alpha value is -2.38. The second-order valence-electron chi connectivity index (χ2n) is 8.64. The molecule has 1 aliphatic carbocycles. The predicted molar refractivity (Wildman–Crippen MR) is 116 cm³/mol. The van der Waals surface area contributed by atoms with Crippen LogP contribution < -0.4 is 10.1 Å². The van der Waals surface area contributed by atoms with Crippen molar-refractivity contribution in [3.05, 3.63) is 47.8 Å². The third-order valence-corrected chi connectivity index (χ3v) is 6.58. The Morgan fingerprint density at radius 3 is 2.47 bits per heavy atom. The number of carbonyl (C=O) groups excluding carboxylic acids is 1. The molecule has 7 heteroatoms. The Morgan fingerprint density at radius 1 is 1.10 bits per heavy atom. The van der Waals surface area contributed by atoms with Crippen molar-refractivity contribution < 1.29 is 9.53 Å². The van der Waals surface area contributed by atoms with Crippen molar-refractivity contribution in [2.24, 2.45) is 13.0 Å². The molecule has 162 valence electrons. The van der Waals surface area contributed by atoms with Crippen LogP contribution >= 0.6 is 0 Å². The van der Waals surface area contributed by atoms with Gasteiger partial charge in [0.05, 0.1) is 12.8 Å². The van der Waals surface area contributed by atoms with Crippen LogP contribution in [0.25, 0.3) is 0 Å². The quantitative estimate of drug-likeness (QED) is 0.786. The maximum atomic E-state index is 13.5. The Labute approximate surface area is 179 Å². The van der Waals surface area contributed by atoms with E-state index in [1.165, 1.54) is 5.56 Å². The molecule has 7 nitrogen and oxygen atoms in total. The third-order valence-electron chi connectivity index (χ3n) is 6.58. The van der Waals surface area contributed by atoms with Crippen molar-refractivity contribution in [1.29, 1.82) is 0 Å². The highest BCUT2D eigenvalue weighted by atomic mass is 16.5. The van der Waals surface area contributed by atoms with E-state index in [4.69, 9.17) is 4.74 Å². The standard InChI is InChI=1S/C23H33N5O2/c1-26-10-12-28(13-11-26)23(29)22-15-19(24-16-18-8-9-27(2)25-18)14-21(22)17-4-6-20(30-3)7-5-17/h4-9,19,21-22,24H,10-16H2,1-3H3/t19-,21+,22-/m0/s1. The van der Waals surface area contributed by atoms with Gasteiger partial charge < -0.3 is 19.9 Å². The molecule has 1 aliphatic heterocycles. The zero-order chi connectivity index (χ0) is 21.1. The van der Waals surface area contributed by atoms with Crippen molar-refractivity contribution in [1.82, 2.24) is 24.9 Å². The number of piperazine rings is 1. The summed E-state index contributed by atoms with van der Waals surface area (Å²) in [5, 5.41) is 8.11. The van der Waals surface area contributed by atoms with E-state index in [2.05, 4.69) is 39.4 Å². The van der Waals surface area contributed by atoms with Crippen molar-refractivity contribution >= 4 is 5.91 Å². The Morgan fingerprint density at radius 2 is 1.83 bits per heavy atom. The molecule has 2 fully saturated rings. The summed E-state index contributed by atoms with van der Waals surface area (Å²) in [5.74, 6) is 1.40. The van der Waals surface area contributed by atoms with Gasteiger partial charge in [-0.2, -0.15) is 5.10 Å². The van der Waals surface area contributed by atoms with Gasteiger partial charge in [0.1, 0.15) is 5.75 Å². The van der Waals surface area contributed by atoms with Crippen LogP contribution in [0.3, 0.4) is 0 Å². The summed E-state index contributed by atoms with van der Waals surface area (Å²) < 4.78 is 7.15. The fourth-order valence-corrected chi connectivity index (χ4v) is 4.76. The van der Waals surface area contributed by atoms with E-state index in [0.717, 1.165) is 57.0 Å². The first-order valence-electron chi connectivity index (χ1n) is 10.9. The number of aromatic nitrogens is 2. The molecule has 1 aromatic carbocycles. The van der Waals surface area contributed by atoms with Crippen molar-refractivity contribution in [3.63, 3.8) is 0 Å². The fourth-order valence-electron chi connectivity index (χ4n) is 4.76. The van der Waals surface area contributed by atoms with Crippen LogP contribution in [0.15, 0.2) is 36.5 Å². The molecule has 30 heavy (non-hydrogen) atoms. The van der Waals surface area contributed by atoms with E-state index in [9.17, 15) is 4.79 Å². The van der Waals surface area contributed by atoms with Crippen molar-refractivity contribution in [2.75, 3.05) is 40.3 Å². The number of methoxy groups -OCH3 is 1. The lowest BCUT2D eigenvalue weighted by Gasteiger charge is -2.35. The van der Waals surface area contributed by atoms with E-state index < -0.39 is 0 Å². The van der Waals surface area contributed by atoms with Gasteiger partial charge in [0.25, 0.3) is 0 Å². The van der Waals surface area contributed by atoms with Crippen LogP contribution in [0.2, 0.25) is 0 Å². The number of likely N-dealkylation sites (N-methyl/N-ethyl adjacent to an activating group) is 1. The molecule has 0 spiro atoms. The molecule has 1 N–H and O–H groups in total. The van der Waals surface area contributed by atoms with Gasteiger partial charge in [-0.05, 0) is 49.6 Å². The van der Waals surface area contributed by atoms with Crippen LogP contribution in [0.4, 0.5) is 0 Å². The first-order chi connectivity index (χ1) is 14.5. The topological polar surface area (TPSA) is 62.6 Å². The zero-order valence-corrected chi connectivity index (χ0v) is 18.3. The fraction of sp³-hybridized carbons (Fsp3) is 0.565. The van der Waals surface area contributed by atoms with E-state index in [0.29, 0.717) is 11.9 Å². The second kappa shape index (κ2) is 9.18. The van der Waals surface area contributed by atoms with Gasteiger partial charge in [0, 0.05) is 57.9 Å². The van der Waals surface area contributed by atoms with E-state index in [1.54, 1.807) is 7.11 Å². The SMILES string of the molecule is COc1ccc([C@H]2C[C@H](NCc3ccn(C)n3)C[C@@H]2C(=O)N2CCN(C)CC2)cc1. The summed E-state index contributed by atoms with van der Waals surface area (Å²) in [6.45, 7) is 4.29. The van der Waals surface area contributed by atoms with Gasteiger partial charge in [0.15, 0.2) is 0 Å². The zero-order valence-electron chi connectivity index (χ0n) is 18.3. The van der Waals surface area contributed by atoms with E-state index >= 15 is 0 Å². The molecule has 4 rings (SSSR count). The van der Waals surface area contributed by atoms with Crippen molar-refractivity contribution in [2.45, 2.75) is 31.3 Å². The van der Waals surface area contributed by atoms with Gasteiger partial charge in [-0.1, -0.05) is 12.1 Å². The minimum atomic E-state index is 0.0167. The highest BCUT2D eigenvalue weighted by Gasteiger charge is 2.41. The Balaban J connectivity index is 1.48. The predicted octanol–water partition coefficient (Wildman–Crippen LogP) is 1.85. The Bertz CT molecular complexity index is 842. The maximum absolute atomic E-state index is 13.5. The third kappa shape index (κ3) is 4.68. The lowest BCUT2D eigenvalue weighted by molar-refractivity contribution is -0.137. The van der Waals surface area contributed by atoms with Crippen LogP contribution in [-0.2, 0) is 18.4 Å². The first kappa shape index (κ1) is 20.9. The van der Waals surface area contributed by atoms with Gasteiger partial charge in [-0.25, -0.2) is 0 Å². The highest BCUT2D eigenvalue weighted by molar-refractivity contribution is 5.80. The van der Waals surface area contributed by atoms with Crippen LogP contribution in [0.5, 0.6) is 5.75 Å². The minimum absolute atomic E-state index is 0.0167. The number of aryl methyl sites for hydroxylation is 1. The summed E-state index contributed by atoms with van der Waals surface area (Å²) >= 11 is 0. The average molecular weight is 412 g/mol. The number of carbonyl (C=O) groups is 1. The summed E-state index contributed by atoms with van der Waals surface area (Å²) in [6, 6.07) is 10.6. The summed E-state index contributed by atoms with van der Waals surface area (Å²) in [7, 11) is 5.74. The lowest BCUT2D eigenvalue weighted by Crippen LogP contribution is -2.49. The number of benzene rings is 1. The molecule has 1 aromatic heterocycles. The molecular weight excluding hydrogens is 378 g/mol. The van der Waals surface area contributed by atoms with Crippen LogP contribution in [-0.4, -0.2) is 71.9 Å².